The van der Waals surface area contributed by atoms with Crippen LogP contribution in [0.2, 0.25) is 0 Å². The molecule has 0 bridgehead atoms. The van der Waals surface area contributed by atoms with Crippen molar-refractivity contribution in [3.8, 4) is 11.1 Å². The van der Waals surface area contributed by atoms with Crippen LogP contribution in [0.25, 0.3) is 11.1 Å². The van der Waals surface area contributed by atoms with Gasteiger partial charge in [-0.15, -0.1) is 0 Å². The van der Waals surface area contributed by atoms with Gasteiger partial charge in [0.25, 0.3) is 0 Å². The van der Waals surface area contributed by atoms with Crippen molar-refractivity contribution >= 4 is 11.6 Å². The summed E-state index contributed by atoms with van der Waals surface area (Å²) < 4.78 is 0. The first-order valence-electron chi connectivity index (χ1n) is 7.98. The quantitative estimate of drug-likeness (QED) is 0.805. The lowest BCUT2D eigenvalue weighted by molar-refractivity contribution is 0.100. The van der Waals surface area contributed by atoms with Crippen LogP contribution in [0.4, 0.5) is 5.69 Å². The van der Waals surface area contributed by atoms with Gasteiger partial charge >= 0.3 is 0 Å². The molecule has 0 atom stereocenters. The normalized spacial score (nSPS) is 11.0. The third kappa shape index (κ3) is 3.71. The highest BCUT2D eigenvalue weighted by atomic mass is 16.1. The van der Waals surface area contributed by atoms with Gasteiger partial charge in [0.2, 0.25) is 5.91 Å². The van der Waals surface area contributed by atoms with Crippen LogP contribution >= 0.6 is 0 Å². The summed E-state index contributed by atoms with van der Waals surface area (Å²) in [6, 6.07) is 11.6. The summed E-state index contributed by atoms with van der Waals surface area (Å²) in [6.07, 6.45) is 0. The van der Waals surface area contributed by atoms with Crippen LogP contribution in [-0.4, -0.2) is 23.9 Å². The fourth-order valence-corrected chi connectivity index (χ4v) is 2.78. The Morgan fingerprint density at radius 1 is 1.09 bits per heavy atom. The summed E-state index contributed by atoms with van der Waals surface area (Å²) in [5, 5.41) is 0. The predicted octanol–water partition coefficient (Wildman–Crippen LogP) is 3.18. The molecule has 0 fully saturated rings. The molecule has 0 saturated heterocycles. The maximum absolute atomic E-state index is 11.8. The molecule has 0 spiro atoms. The van der Waals surface area contributed by atoms with Gasteiger partial charge in [-0.2, -0.15) is 0 Å². The first-order valence-corrected chi connectivity index (χ1v) is 7.98. The fraction of sp³-hybridized carbons (Fsp3) is 0.316. The van der Waals surface area contributed by atoms with E-state index in [0.29, 0.717) is 11.3 Å². The number of nitrogen functional groups attached to an aromatic ring is 1. The molecule has 0 aliphatic heterocycles. The number of rotatable bonds is 6. The summed E-state index contributed by atoms with van der Waals surface area (Å²) in [5.41, 5.74) is 16.8. The second-order valence-corrected chi connectivity index (χ2v) is 5.73. The second-order valence-electron chi connectivity index (χ2n) is 5.73. The zero-order valence-corrected chi connectivity index (χ0v) is 14.1. The molecule has 0 unspecified atom stereocenters. The van der Waals surface area contributed by atoms with E-state index in [4.69, 9.17) is 11.5 Å². The third-order valence-electron chi connectivity index (χ3n) is 4.32. The van der Waals surface area contributed by atoms with Crippen molar-refractivity contribution in [3.05, 3.63) is 53.1 Å². The van der Waals surface area contributed by atoms with Crippen LogP contribution in [0, 0.1) is 6.92 Å². The molecule has 4 N–H and O–H groups in total. The molecule has 2 aromatic rings. The average Bonchev–Trinajstić information content (AvgIpc) is 2.54. The first-order chi connectivity index (χ1) is 11.0. The Morgan fingerprint density at radius 2 is 1.78 bits per heavy atom. The second kappa shape index (κ2) is 7.29. The molecule has 0 aliphatic carbocycles. The van der Waals surface area contributed by atoms with Gasteiger partial charge < -0.3 is 11.5 Å². The fourth-order valence-electron chi connectivity index (χ4n) is 2.78. The van der Waals surface area contributed by atoms with Gasteiger partial charge in [0.1, 0.15) is 0 Å². The largest absolute Gasteiger partial charge is 0.398 e. The molecule has 1 amide bonds. The SMILES string of the molecule is CCN(CC)Cc1ccc(C(N)=O)c(-c2cccc(N)c2C)c1. The van der Waals surface area contributed by atoms with Crippen molar-refractivity contribution in [3.63, 3.8) is 0 Å². The van der Waals surface area contributed by atoms with E-state index in [-0.39, 0.29) is 0 Å². The van der Waals surface area contributed by atoms with Gasteiger partial charge in [-0.3, -0.25) is 9.69 Å². The summed E-state index contributed by atoms with van der Waals surface area (Å²) in [4.78, 5) is 14.1. The molecule has 0 aliphatic rings. The van der Waals surface area contributed by atoms with E-state index in [1.54, 1.807) is 0 Å². The molecule has 122 valence electrons. The van der Waals surface area contributed by atoms with E-state index < -0.39 is 5.91 Å². The Bertz CT molecular complexity index is 706. The highest BCUT2D eigenvalue weighted by molar-refractivity contribution is 6.00. The maximum Gasteiger partial charge on any atom is 0.249 e. The van der Waals surface area contributed by atoms with Crippen molar-refractivity contribution in [2.24, 2.45) is 5.73 Å². The highest BCUT2D eigenvalue weighted by Gasteiger charge is 2.14. The van der Waals surface area contributed by atoms with Crippen LogP contribution in [-0.2, 0) is 6.54 Å². The number of hydrogen-bond acceptors (Lipinski definition) is 3. The van der Waals surface area contributed by atoms with E-state index >= 15 is 0 Å². The molecule has 0 heterocycles. The van der Waals surface area contributed by atoms with Gasteiger partial charge in [0, 0.05) is 17.8 Å². The van der Waals surface area contributed by atoms with Gasteiger partial charge in [0.15, 0.2) is 0 Å². The monoisotopic (exact) mass is 311 g/mol. The molecule has 0 aromatic heterocycles. The third-order valence-corrected chi connectivity index (χ3v) is 4.32. The van der Waals surface area contributed by atoms with Crippen molar-refractivity contribution in [1.82, 2.24) is 4.90 Å². The van der Waals surface area contributed by atoms with E-state index in [0.717, 1.165) is 41.9 Å². The van der Waals surface area contributed by atoms with E-state index in [9.17, 15) is 4.79 Å². The summed E-state index contributed by atoms with van der Waals surface area (Å²) in [7, 11) is 0. The van der Waals surface area contributed by atoms with Gasteiger partial charge in [-0.05, 0) is 60.5 Å². The lowest BCUT2D eigenvalue weighted by Gasteiger charge is -2.19. The number of primary amides is 1. The Balaban J connectivity index is 2.54. The van der Waals surface area contributed by atoms with Gasteiger partial charge in [0.05, 0.1) is 0 Å². The molecule has 0 radical (unpaired) electrons. The summed E-state index contributed by atoms with van der Waals surface area (Å²) >= 11 is 0. The van der Waals surface area contributed by atoms with Crippen LogP contribution in [0.15, 0.2) is 36.4 Å². The lowest BCUT2D eigenvalue weighted by atomic mass is 9.93. The molecule has 23 heavy (non-hydrogen) atoms. The smallest absolute Gasteiger partial charge is 0.249 e. The number of amides is 1. The van der Waals surface area contributed by atoms with E-state index in [1.165, 1.54) is 0 Å². The minimum atomic E-state index is -0.420. The van der Waals surface area contributed by atoms with Crippen LogP contribution in [0.5, 0.6) is 0 Å². The number of anilines is 1. The standard InChI is InChI=1S/C19H25N3O/c1-4-22(5-2)12-14-9-10-16(19(21)23)17(11-14)15-7-6-8-18(20)13(15)3/h6-11H,4-5,12,20H2,1-3H3,(H2,21,23). The first kappa shape index (κ1) is 17.0. The molecule has 0 saturated carbocycles. The minimum absolute atomic E-state index is 0.420. The lowest BCUT2D eigenvalue weighted by Crippen LogP contribution is -2.22. The average molecular weight is 311 g/mol. The van der Waals surface area contributed by atoms with E-state index in [2.05, 4.69) is 24.8 Å². The predicted molar refractivity (Wildman–Crippen MR) is 96.2 cm³/mol. The van der Waals surface area contributed by atoms with Gasteiger partial charge in [-0.1, -0.05) is 32.0 Å². The number of hydrogen-bond donors (Lipinski definition) is 2. The summed E-state index contributed by atoms with van der Waals surface area (Å²) in [5.74, 6) is -0.420. The number of benzene rings is 2. The zero-order valence-electron chi connectivity index (χ0n) is 14.1. The van der Waals surface area contributed by atoms with Gasteiger partial charge in [-0.25, -0.2) is 0 Å². The zero-order chi connectivity index (χ0) is 17.0. The molecule has 4 heteroatoms. The van der Waals surface area contributed by atoms with Crippen LogP contribution < -0.4 is 11.5 Å². The molecular weight excluding hydrogens is 286 g/mol. The molecule has 2 rings (SSSR count). The Morgan fingerprint density at radius 3 is 2.39 bits per heavy atom. The summed E-state index contributed by atoms with van der Waals surface area (Å²) in [6.45, 7) is 9.07. The number of nitrogens with zero attached hydrogens (tertiary/aromatic N) is 1. The number of carbonyl (C=O) groups excluding carboxylic acids is 1. The molecule has 4 nitrogen and oxygen atoms in total. The van der Waals surface area contributed by atoms with Crippen molar-refractivity contribution in [2.45, 2.75) is 27.3 Å². The topological polar surface area (TPSA) is 72.3 Å². The van der Waals surface area contributed by atoms with Crippen molar-refractivity contribution in [2.75, 3.05) is 18.8 Å². The Kier molecular flexibility index (Phi) is 5.40. The highest BCUT2D eigenvalue weighted by Crippen LogP contribution is 2.31. The number of carbonyl (C=O) groups is 1. The number of nitrogens with two attached hydrogens (primary N) is 2. The Hall–Kier alpha value is -2.33. The van der Waals surface area contributed by atoms with Crippen LogP contribution in [0.1, 0.15) is 35.3 Å². The van der Waals surface area contributed by atoms with Crippen molar-refractivity contribution < 1.29 is 4.79 Å². The minimum Gasteiger partial charge on any atom is -0.398 e. The molecule has 2 aromatic carbocycles. The Labute approximate surface area is 138 Å². The van der Waals surface area contributed by atoms with Crippen LogP contribution in [0.3, 0.4) is 0 Å². The van der Waals surface area contributed by atoms with Crippen molar-refractivity contribution in [1.29, 1.82) is 0 Å². The molecular formula is C19H25N3O. The van der Waals surface area contributed by atoms with E-state index in [1.807, 2.05) is 37.3 Å². The maximum atomic E-state index is 11.8.